The minimum Gasteiger partial charge on any atom is -0.340 e. The second-order valence-electron chi connectivity index (χ2n) is 12.1. The first kappa shape index (κ1) is 29.8. The maximum atomic E-state index is 9.16. The number of rotatable bonds is 8. The fourth-order valence-electron chi connectivity index (χ4n) is 6.53. The van der Waals surface area contributed by atoms with Gasteiger partial charge in [0.05, 0.1) is 5.71 Å². The molecule has 0 unspecified atom stereocenters. The monoisotopic (exact) mass is 627 g/mol. The van der Waals surface area contributed by atoms with Crippen LogP contribution in [-0.4, -0.2) is 11.9 Å². The lowest BCUT2D eigenvalue weighted by molar-refractivity contribution is 1.31. The number of nitrogens with one attached hydrogen (secondary N) is 2. The molecule has 49 heavy (non-hydrogen) atoms. The Balaban J connectivity index is 1.24. The van der Waals surface area contributed by atoms with Crippen LogP contribution in [-0.2, 0) is 0 Å². The number of allylic oxidation sites excluding steroid dienone is 1. The van der Waals surface area contributed by atoms with Gasteiger partial charge in [-0.05, 0) is 66.7 Å². The van der Waals surface area contributed by atoms with Crippen LogP contribution in [0.5, 0.6) is 0 Å². The number of anilines is 1. The van der Waals surface area contributed by atoms with Gasteiger partial charge in [0, 0.05) is 29.1 Å². The van der Waals surface area contributed by atoms with Crippen LogP contribution in [0.2, 0.25) is 0 Å². The van der Waals surface area contributed by atoms with Crippen LogP contribution in [0.15, 0.2) is 193 Å². The summed E-state index contributed by atoms with van der Waals surface area (Å²) in [6.45, 7) is 0. The molecule has 0 amide bonds. The quantitative estimate of drug-likeness (QED) is 0.0983. The van der Waals surface area contributed by atoms with E-state index in [1.165, 1.54) is 16.2 Å². The lowest BCUT2D eigenvalue weighted by atomic mass is 9.94. The zero-order chi connectivity index (χ0) is 33.0. The van der Waals surface area contributed by atoms with Crippen LogP contribution in [0, 0.1) is 5.41 Å². The summed E-state index contributed by atoms with van der Waals surface area (Å²) in [5.41, 5.74) is 7.57. The average Bonchev–Trinajstić information content (AvgIpc) is 3.17. The fraction of sp³-hybridized carbons (Fsp3) is 0. The molecule has 8 rings (SSSR count). The van der Waals surface area contributed by atoms with Crippen molar-refractivity contribution < 1.29 is 0 Å². The summed E-state index contributed by atoms with van der Waals surface area (Å²) >= 11 is 0. The lowest BCUT2D eigenvalue weighted by Gasteiger charge is -2.14. The zero-order valence-electron chi connectivity index (χ0n) is 26.8. The van der Waals surface area contributed by atoms with Crippen LogP contribution in [0.25, 0.3) is 54.6 Å². The molecule has 0 bridgehead atoms. The van der Waals surface area contributed by atoms with E-state index in [0.717, 1.165) is 55.2 Å². The number of hydrogen-bond acceptors (Lipinski definition) is 3. The van der Waals surface area contributed by atoms with Crippen molar-refractivity contribution in [3.63, 3.8) is 0 Å². The molecule has 0 atom stereocenters. The van der Waals surface area contributed by atoms with Crippen molar-refractivity contribution in [1.29, 1.82) is 5.41 Å². The molecule has 8 aromatic carbocycles. The first-order valence-electron chi connectivity index (χ1n) is 16.5. The number of nitrogens with zero attached hydrogens (tertiary/aromatic N) is 1. The molecule has 0 saturated carbocycles. The smallest absolute Gasteiger partial charge is 0.132 e. The van der Waals surface area contributed by atoms with E-state index in [-0.39, 0.29) is 0 Å². The minimum atomic E-state index is 0.366. The van der Waals surface area contributed by atoms with Gasteiger partial charge in [0.15, 0.2) is 0 Å². The molecule has 0 aliphatic carbocycles. The average molecular weight is 628 g/mol. The molecular weight excluding hydrogens is 595 g/mol. The highest BCUT2D eigenvalue weighted by atomic mass is 15.0. The largest absolute Gasteiger partial charge is 0.340 e. The van der Waals surface area contributed by atoms with Crippen LogP contribution in [0.4, 0.5) is 5.69 Å². The van der Waals surface area contributed by atoms with E-state index in [1.54, 1.807) is 0 Å². The van der Waals surface area contributed by atoms with Crippen molar-refractivity contribution in [1.82, 2.24) is 0 Å². The van der Waals surface area contributed by atoms with E-state index in [1.807, 2.05) is 73.0 Å². The van der Waals surface area contributed by atoms with E-state index < -0.39 is 0 Å². The van der Waals surface area contributed by atoms with Gasteiger partial charge in [-0.2, -0.15) is 0 Å². The molecule has 0 spiro atoms. The molecular formula is C46H33N3. The molecule has 3 nitrogen and oxygen atoms in total. The Kier molecular flexibility index (Phi) is 8.07. The van der Waals surface area contributed by atoms with E-state index >= 15 is 0 Å². The second kappa shape index (κ2) is 13.3. The van der Waals surface area contributed by atoms with Gasteiger partial charge in [-0.25, -0.2) is 4.99 Å². The van der Waals surface area contributed by atoms with Gasteiger partial charge in [-0.15, -0.1) is 0 Å². The van der Waals surface area contributed by atoms with Crippen LogP contribution in [0.1, 0.15) is 11.1 Å². The van der Waals surface area contributed by atoms with Crippen LogP contribution < -0.4 is 5.32 Å². The Labute approximate surface area is 286 Å². The van der Waals surface area contributed by atoms with E-state index in [9.17, 15) is 0 Å². The number of para-hydroxylation sites is 1. The highest BCUT2D eigenvalue weighted by Gasteiger charge is 2.11. The molecule has 0 radical (unpaired) electrons. The van der Waals surface area contributed by atoms with E-state index in [0.29, 0.717) is 11.5 Å². The third-order valence-electron chi connectivity index (χ3n) is 9.00. The Morgan fingerprint density at radius 1 is 0.490 bits per heavy atom. The third-order valence-corrected chi connectivity index (χ3v) is 9.00. The molecule has 0 aliphatic heterocycles. The summed E-state index contributed by atoms with van der Waals surface area (Å²) in [4.78, 5) is 5.12. The molecule has 3 heteroatoms. The van der Waals surface area contributed by atoms with Crippen molar-refractivity contribution in [2.24, 2.45) is 4.99 Å². The van der Waals surface area contributed by atoms with Crippen molar-refractivity contribution >= 4 is 49.9 Å². The summed E-state index contributed by atoms with van der Waals surface area (Å²) in [6, 6.07) is 60.7. The Bertz CT molecular complexity index is 2510. The standard InChI is InChI=1S/C46H33N3/c47-44(36-25-23-33(24-26-36)32-13-3-1-4-14-32)30-46(49-45-22-12-11-21-40(45)34-15-5-2-6-16-34)48-31-43-39-20-10-8-18-37(39)29-42-38-19-9-7-17-35(38)27-28-41(42)43/h1-31,47,49H/b46-30+,47-44?,48-31+. The predicted octanol–water partition coefficient (Wildman–Crippen LogP) is 11.9. The lowest BCUT2D eigenvalue weighted by Crippen LogP contribution is -2.04. The van der Waals surface area contributed by atoms with Crippen molar-refractivity contribution in [2.45, 2.75) is 0 Å². The van der Waals surface area contributed by atoms with Crippen molar-refractivity contribution in [3.8, 4) is 22.3 Å². The summed E-state index contributed by atoms with van der Waals surface area (Å²) in [5, 5.41) is 19.8. The Morgan fingerprint density at radius 2 is 1.10 bits per heavy atom. The van der Waals surface area contributed by atoms with E-state index in [4.69, 9.17) is 10.4 Å². The Hall–Kier alpha value is -6.58. The fourth-order valence-corrected chi connectivity index (χ4v) is 6.53. The molecule has 232 valence electrons. The van der Waals surface area contributed by atoms with Gasteiger partial charge in [0.1, 0.15) is 5.82 Å². The molecule has 2 N–H and O–H groups in total. The molecule has 0 fully saturated rings. The van der Waals surface area contributed by atoms with Crippen LogP contribution >= 0.6 is 0 Å². The summed E-state index contributed by atoms with van der Waals surface area (Å²) in [5.74, 6) is 0.572. The van der Waals surface area contributed by atoms with Crippen LogP contribution in [0.3, 0.4) is 0 Å². The zero-order valence-corrected chi connectivity index (χ0v) is 26.8. The third kappa shape index (κ3) is 6.14. The summed E-state index contributed by atoms with van der Waals surface area (Å²) < 4.78 is 0. The highest BCUT2D eigenvalue weighted by molar-refractivity contribution is 6.20. The maximum Gasteiger partial charge on any atom is 0.132 e. The summed E-state index contributed by atoms with van der Waals surface area (Å²) in [6.07, 6.45) is 3.77. The Morgan fingerprint density at radius 3 is 1.88 bits per heavy atom. The molecule has 0 aliphatic rings. The van der Waals surface area contributed by atoms with E-state index in [2.05, 4.69) is 121 Å². The predicted molar refractivity (Wildman–Crippen MR) is 209 cm³/mol. The molecule has 0 aromatic heterocycles. The van der Waals surface area contributed by atoms with Gasteiger partial charge in [-0.1, -0.05) is 164 Å². The number of fused-ring (bicyclic) bond motifs is 4. The van der Waals surface area contributed by atoms with Gasteiger partial charge in [-0.3, -0.25) is 0 Å². The minimum absolute atomic E-state index is 0.366. The van der Waals surface area contributed by atoms with Gasteiger partial charge in [0.25, 0.3) is 0 Å². The SMILES string of the molecule is N=C(/C=C(\N=C\c1c2ccccc2cc2c1ccc1ccccc12)Nc1ccccc1-c1ccccc1)c1ccc(-c2ccccc2)cc1. The molecule has 8 aromatic rings. The van der Waals surface area contributed by atoms with Gasteiger partial charge >= 0.3 is 0 Å². The van der Waals surface area contributed by atoms with Gasteiger partial charge in [0.2, 0.25) is 0 Å². The number of aliphatic imine (C=N–C) groups is 1. The highest BCUT2D eigenvalue weighted by Crippen LogP contribution is 2.33. The first-order chi connectivity index (χ1) is 24.2. The normalized spacial score (nSPS) is 11.8. The van der Waals surface area contributed by atoms with Gasteiger partial charge < -0.3 is 10.7 Å². The molecule has 0 saturated heterocycles. The van der Waals surface area contributed by atoms with Crippen molar-refractivity contribution in [3.05, 3.63) is 199 Å². The first-order valence-corrected chi connectivity index (χ1v) is 16.5. The van der Waals surface area contributed by atoms with Crippen molar-refractivity contribution in [2.75, 3.05) is 5.32 Å². The second-order valence-corrected chi connectivity index (χ2v) is 12.1. The summed E-state index contributed by atoms with van der Waals surface area (Å²) in [7, 11) is 0. The topological polar surface area (TPSA) is 48.2 Å². The number of hydrogen-bond donors (Lipinski definition) is 2. The number of benzene rings is 8. The maximum absolute atomic E-state index is 9.16. The molecule has 0 heterocycles.